The van der Waals surface area contributed by atoms with Crippen molar-refractivity contribution in [1.82, 2.24) is 9.80 Å². The van der Waals surface area contributed by atoms with Crippen LogP contribution in [0.2, 0.25) is 0 Å². The first-order chi connectivity index (χ1) is 14.6. The molecule has 3 aliphatic rings. The van der Waals surface area contributed by atoms with E-state index in [-0.39, 0.29) is 29.9 Å². The molecule has 3 fully saturated rings. The van der Waals surface area contributed by atoms with E-state index in [0.717, 1.165) is 32.1 Å². The summed E-state index contributed by atoms with van der Waals surface area (Å²) in [6.45, 7) is 2.61. The number of hydrogen-bond donors (Lipinski definition) is 1. The molecular weight excluding hydrogens is 386 g/mol. The van der Waals surface area contributed by atoms with Crippen LogP contribution in [0.5, 0.6) is 11.5 Å². The number of nitrogens with one attached hydrogen (secondary N) is 1. The molecule has 2 saturated heterocycles. The zero-order valence-corrected chi connectivity index (χ0v) is 17.8. The molecule has 1 aromatic rings. The third-order valence-electron chi connectivity index (χ3n) is 6.24. The van der Waals surface area contributed by atoms with Crippen molar-refractivity contribution in [2.45, 2.75) is 44.2 Å². The molecule has 2 aliphatic heterocycles. The van der Waals surface area contributed by atoms with Crippen LogP contribution in [0.25, 0.3) is 0 Å². The number of benzene rings is 1. The number of methoxy groups -OCH3 is 2. The minimum absolute atomic E-state index is 0.0809. The van der Waals surface area contributed by atoms with Crippen molar-refractivity contribution in [3.05, 3.63) is 18.2 Å². The summed E-state index contributed by atoms with van der Waals surface area (Å²) in [4.78, 5) is 29.8. The molecule has 164 valence electrons. The van der Waals surface area contributed by atoms with Gasteiger partial charge < -0.3 is 29.3 Å². The quantitative estimate of drug-likeness (QED) is 0.770. The van der Waals surface area contributed by atoms with Gasteiger partial charge in [-0.3, -0.25) is 4.79 Å². The molecule has 8 nitrogen and oxygen atoms in total. The van der Waals surface area contributed by atoms with Crippen LogP contribution in [-0.4, -0.2) is 74.3 Å². The lowest BCUT2D eigenvalue weighted by molar-refractivity contribution is -0.139. The Morgan fingerprint density at radius 1 is 1.03 bits per heavy atom. The number of anilines is 1. The van der Waals surface area contributed by atoms with E-state index in [2.05, 4.69) is 10.2 Å². The van der Waals surface area contributed by atoms with Gasteiger partial charge in [0, 0.05) is 50.0 Å². The molecule has 1 saturated carbocycles. The smallest absolute Gasteiger partial charge is 0.321 e. The van der Waals surface area contributed by atoms with Crippen LogP contribution < -0.4 is 14.8 Å². The van der Waals surface area contributed by atoms with Crippen LogP contribution in [0, 0.1) is 5.92 Å². The first-order valence-corrected chi connectivity index (χ1v) is 10.8. The number of ether oxygens (including phenoxy) is 3. The highest BCUT2D eigenvalue weighted by molar-refractivity contribution is 5.90. The fourth-order valence-corrected chi connectivity index (χ4v) is 4.43. The maximum Gasteiger partial charge on any atom is 0.321 e. The molecule has 4 rings (SSSR count). The van der Waals surface area contributed by atoms with Crippen LogP contribution in [0.1, 0.15) is 32.1 Å². The molecule has 0 radical (unpaired) electrons. The molecule has 0 spiro atoms. The SMILES string of the molecule is COc1ccc(NC(=O)N2CCC(N(C(=O)C3CC3)C3CCOCC3)C2)cc1OC. The molecule has 1 aliphatic carbocycles. The van der Waals surface area contributed by atoms with Crippen LogP contribution in [0.3, 0.4) is 0 Å². The Morgan fingerprint density at radius 3 is 2.43 bits per heavy atom. The van der Waals surface area contributed by atoms with E-state index in [1.165, 1.54) is 0 Å². The maximum atomic E-state index is 13.0. The molecule has 1 N–H and O–H groups in total. The Morgan fingerprint density at radius 2 is 1.77 bits per heavy atom. The minimum atomic E-state index is -0.157. The molecule has 0 bridgehead atoms. The van der Waals surface area contributed by atoms with Crippen molar-refractivity contribution < 1.29 is 23.8 Å². The highest BCUT2D eigenvalue weighted by atomic mass is 16.5. The van der Waals surface area contributed by atoms with Crippen molar-refractivity contribution in [3.63, 3.8) is 0 Å². The van der Waals surface area contributed by atoms with Crippen molar-refractivity contribution in [2.24, 2.45) is 5.92 Å². The Hall–Kier alpha value is -2.48. The summed E-state index contributed by atoms with van der Waals surface area (Å²) in [5, 5.41) is 2.94. The van der Waals surface area contributed by atoms with E-state index in [1.807, 2.05) is 0 Å². The number of carbonyl (C=O) groups is 2. The second-order valence-corrected chi connectivity index (χ2v) is 8.25. The largest absolute Gasteiger partial charge is 0.493 e. The number of amides is 3. The Bertz CT molecular complexity index is 776. The standard InChI is InChI=1S/C22H31N3O5/c1-28-19-6-5-16(13-20(19)29-2)23-22(27)24-10-7-18(14-24)25(21(26)15-3-4-15)17-8-11-30-12-9-17/h5-6,13,15,17-18H,3-4,7-12,14H2,1-2H3,(H,23,27). The lowest BCUT2D eigenvalue weighted by Crippen LogP contribution is -2.51. The number of rotatable bonds is 6. The van der Waals surface area contributed by atoms with Crippen molar-refractivity contribution in [1.29, 1.82) is 0 Å². The predicted molar refractivity (Wildman–Crippen MR) is 112 cm³/mol. The van der Waals surface area contributed by atoms with Crippen LogP contribution in [0.15, 0.2) is 18.2 Å². The lowest BCUT2D eigenvalue weighted by atomic mass is 10.0. The van der Waals surface area contributed by atoms with Gasteiger partial charge in [0.05, 0.1) is 20.3 Å². The van der Waals surface area contributed by atoms with Gasteiger partial charge in [0.1, 0.15) is 0 Å². The predicted octanol–water partition coefficient (Wildman–Crippen LogP) is 2.73. The summed E-state index contributed by atoms with van der Waals surface area (Å²) in [5.74, 6) is 1.63. The molecule has 30 heavy (non-hydrogen) atoms. The lowest BCUT2D eigenvalue weighted by Gasteiger charge is -2.38. The highest BCUT2D eigenvalue weighted by Crippen LogP contribution is 2.35. The summed E-state index contributed by atoms with van der Waals surface area (Å²) in [7, 11) is 3.14. The van der Waals surface area contributed by atoms with Gasteiger partial charge in [0.25, 0.3) is 0 Å². The van der Waals surface area contributed by atoms with Gasteiger partial charge in [0.2, 0.25) is 5.91 Å². The number of carbonyl (C=O) groups excluding carboxylic acids is 2. The van der Waals surface area contributed by atoms with Crippen molar-refractivity contribution >= 4 is 17.6 Å². The third-order valence-corrected chi connectivity index (χ3v) is 6.24. The van der Waals surface area contributed by atoms with Gasteiger partial charge >= 0.3 is 6.03 Å². The number of likely N-dealkylation sites (tertiary alicyclic amines) is 1. The van der Waals surface area contributed by atoms with E-state index < -0.39 is 0 Å². The molecule has 2 heterocycles. The van der Waals surface area contributed by atoms with E-state index in [4.69, 9.17) is 14.2 Å². The van der Waals surface area contributed by atoms with Gasteiger partial charge in [-0.25, -0.2) is 4.79 Å². The summed E-state index contributed by atoms with van der Waals surface area (Å²) >= 11 is 0. The maximum absolute atomic E-state index is 13.0. The second-order valence-electron chi connectivity index (χ2n) is 8.25. The zero-order valence-electron chi connectivity index (χ0n) is 17.8. The van der Waals surface area contributed by atoms with Gasteiger partial charge in [-0.05, 0) is 44.2 Å². The fraction of sp³-hybridized carbons (Fsp3) is 0.636. The number of urea groups is 1. The van der Waals surface area contributed by atoms with E-state index in [9.17, 15) is 9.59 Å². The molecule has 3 amide bonds. The topological polar surface area (TPSA) is 80.3 Å². The average Bonchev–Trinajstić information content (AvgIpc) is 3.52. The van der Waals surface area contributed by atoms with Crippen molar-refractivity contribution in [3.8, 4) is 11.5 Å². The minimum Gasteiger partial charge on any atom is -0.493 e. The molecule has 1 unspecified atom stereocenters. The number of nitrogens with zero attached hydrogens (tertiary/aromatic N) is 2. The van der Waals surface area contributed by atoms with Gasteiger partial charge in [-0.15, -0.1) is 0 Å². The molecule has 0 aromatic heterocycles. The summed E-state index contributed by atoms with van der Waals surface area (Å²) in [5.41, 5.74) is 0.649. The van der Waals surface area contributed by atoms with E-state index in [0.29, 0.717) is 43.5 Å². The summed E-state index contributed by atoms with van der Waals surface area (Å²) in [6, 6.07) is 5.45. The Kier molecular flexibility index (Phi) is 6.32. The number of hydrogen-bond acceptors (Lipinski definition) is 5. The molecule has 8 heteroatoms. The van der Waals surface area contributed by atoms with Gasteiger partial charge in [-0.2, -0.15) is 0 Å². The Labute approximate surface area is 177 Å². The van der Waals surface area contributed by atoms with Crippen molar-refractivity contribution in [2.75, 3.05) is 45.8 Å². The van der Waals surface area contributed by atoms with Gasteiger partial charge in [0.15, 0.2) is 11.5 Å². The molecule has 1 atom stereocenters. The third kappa shape index (κ3) is 4.48. The first kappa shape index (κ1) is 20.8. The molecular formula is C22H31N3O5. The molecule has 1 aromatic carbocycles. The summed E-state index contributed by atoms with van der Waals surface area (Å²) < 4.78 is 16.1. The fourth-order valence-electron chi connectivity index (χ4n) is 4.43. The monoisotopic (exact) mass is 417 g/mol. The van der Waals surface area contributed by atoms with Gasteiger partial charge in [-0.1, -0.05) is 0 Å². The summed E-state index contributed by atoms with van der Waals surface area (Å²) in [6.07, 6.45) is 4.57. The average molecular weight is 418 g/mol. The first-order valence-electron chi connectivity index (χ1n) is 10.8. The highest BCUT2D eigenvalue weighted by Gasteiger charge is 2.42. The van der Waals surface area contributed by atoms with E-state index in [1.54, 1.807) is 37.3 Å². The van der Waals surface area contributed by atoms with Crippen LogP contribution >= 0.6 is 0 Å². The van der Waals surface area contributed by atoms with Crippen LogP contribution in [-0.2, 0) is 9.53 Å². The van der Waals surface area contributed by atoms with Crippen LogP contribution in [0.4, 0.5) is 10.5 Å². The second kappa shape index (κ2) is 9.12. The Balaban J connectivity index is 1.40. The van der Waals surface area contributed by atoms with E-state index >= 15 is 0 Å². The zero-order chi connectivity index (χ0) is 21.1. The normalized spacial score (nSPS) is 21.9.